The van der Waals surface area contributed by atoms with Crippen LogP contribution in [-0.4, -0.2) is 101 Å². The van der Waals surface area contributed by atoms with Gasteiger partial charge in [-0.15, -0.1) is 0 Å². The summed E-state index contributed by atoms with van der Waals surface area (Å²) in [6.45, 7) is -0.0755. The van der Waals surface area contributed by atoms with Crippen LogP contribution in [-0.2, 0) is 57.6 Å². The first-order chi connectivity index (χ1) is 11.4. The maximum Gasteiger partial charge on any atom is 2.00 e. The molecule has 0 aliphatic heterocycles. The third-order valence-corrected chi connectivity index (χ3v) is 3.05. The Hall–Kier alpha value is -1.58. The van der Waals surface area contributed by atoms with Crippen molar-refractivity contribution in [3.8, 4) is 0 Å². The van der Waals surface area contributed by atoms with Gasteiger partial charge in [-0.05, 0) is 0 Å². The van der Waals surface area contributed by atoms with Crippen LogP contribution in [0.15, 0.2) is 0 Å². The standard InChI is InChI=1S/C14H24N2O8.Zn/c1-21-11(17)7-15(8-12(18)22-2)5-6-16(9-13(19)23-3)10-14(20)24-4;/h5-10H2,1-4H3;/q;+2. The van der Waals surface area contributed by atoms with Crippen molar-refractivity contribution < 1.29 is 57.6 Å². The summed E-state index contributed by atoms with van der Waals surface area (Å²) in [7, 11) is 4.94. The number of carbonyl (C=O) groups excluding carboxylic acids is 4. The number of esters is 4. The van der Waals surface area contributed by atoms with Crippen molar-refractivity contribution in [3.63, 3.8) is 0 Å². The van der Waals surface area contributed by atoms with Gasteiger partial charge in [0, 0.05) is 13.1 Å². The van der Waals surface area contributed by atoms with E-state index < -0.39 is 23.9 Å². The van der Waals surface area contributed by atoms with Crippen molar-refractivity contribution in [2.45, 2.75) is 0 Å². The number of ether oxygens (including phenoxy) is 4. The molecule has 0 spiro atoms. The smallest absolute Gasteiger partial charge is 0.468 e. The van der Waals surface area contributed by atoms with Crippen LogP contribution in [0.4, 0.5) is 0 Å². The van der Waals surface area contributed by atoms with E-state index in [0.717, 1.165) is 0 Å². The van der Waals surface area contributed by atoms with Crippen molar-refractivity contribution in [3.05, 3.63) is 0 Å². The second kappa shape index (κ2) is 14.7. The Morgan fingerprint density at radius 1 is 0.560 bits per heavy atom. The van der Waals surface area contributed by atoms with Gasteiger partial charge in [0.05, 0.1) is 54.6 Å². The molecular weight excluding hydrogens is 390 g/mol. The molecule has 138 valence electrons. The van der Waals surface area contributed by atoms with Gasteiger partial charge in [-0.25, -0.2) is 0 Å². The van der Waals surface area contributed by atoms with Crippen molar-refractivity contribution in [1.82, 2.24) is 9.80 Å². The van der Waals surface area contributed by atoms with E-state index in [0.29, 0.717) is 0 Å². The number of carbonyl (C=O) groups is 4. The van der Waals surface area contributed by atoms with Crippen molar-refractivity contribution in [1.29, 1.82) is 0 Å². The van der Waals surface area contributed by atoms with E-state index in [1.54, 1.807) is 0 Å². The summed E-state index contributed by atoms with van der Waals surface area (Å²) in [5.41, 5.74) is 0. The van der Waals surface area contributed by atoms with Crippen LogP contribution in [0.1, 0.15) is 0 Å². The van der Waals surface area contributed by atoms with E-state index in [9.17, 15) is 19.2 Å². The van der Waals surface area contributed by atoms with Crippen molar-refractivity contribution in [2.24, 2.45) is 0 Å². The number of nitrogens with zero attached hydrogens (tertiary/aromatic N) is 2. The Bertz CT molecular complexity index is 371. The van der Waals surface area contributed by atoms with Crippen LogP contribution in [0.3, 0.4) is 0 Å². The van der Waals surface area contributed by atoms with Crippen molar-refractivity contribution in [2.75, 3.05) is 67.7 Å². The average molecular weight is 414 g/mol. The molecule has 0 rings (SSSR count). The molecule has 0 heterocycles. The van der Waals surface area contributed by atoms with Gasteiger partial charge >= 0.3 is 43.4 Å². The van der Waals surface area contributed by atoms with E-state index in [-0.39, 0.29) is 58.7 Å². The molecule has 0 aromatic carbocycles. The number of hydrogen-bond donors (Lipinski definition) is 0. The Labute approximate surface area is 159 Å². The summed E-state index contributed by atoms with van der Waals surface area (Å²) < 4.78 is 18.3. The fraction of sp³-hybridized carbons (Fsp3) is 0.714. The largest absolute Gasteiger partial charge is 2.00 e. The molecule has 0 saturated heterocycles. The number of hydrogen-bond acceptors (Lipinski definition) is 10. The first-order valence-corrected chi connectivity index (χ1v) is 7.08. The maximum atomic E-state index is 11.4. The second-order valence-corrected chi connectivity index (χ2v) is 4.73. The third-order valence-electron chi connectivity index (χ3n) is 3.05. The normalized spacial score (nSPS) is 10.0. The molecule has 0 N–H and O–H groups in total. The molecule has 11 heteroatoms. The topological polar surface area (TPSA) is 112 Å². The molecule has 10 nitrogen and oxygen atoms in total. The Morgan fingerprint density at radius 3 is 0.920 bits per heavy atom. The molecule has 0 radical (unpaired) electrons. The summed E-state index contributed by atoms with van der Waals surface area (Å²) in [6.07, 6.45) is 0. The predicted molar refractivity (Wildman–Crippen MR) is 80.9 cm³/mol. The van der Waals surface area contributed by atoms with E-state index in [2.05, 4.69) is 18.9 Å². The summed E-state index contributed by atoms with van der Waals surface area (Å²) in [6, 6.07) is 0. The third kappa shape index (κ3) is 12.4. The van der Waals surface area contributed by atoms with Gasteiger partial charge in [0.2, 0.25) is 0 Å². The zero-order chi connectivity index (χ0) is 18.5. The van der Waals surface area contributed by atoms with Crippen LogP contribution in [0.5, 0.6) is 0 Å². The average Bonchev–Trinajstić information content (AvgIpc) is 2.58. The molecule has 0 atom stereocenters. The first kappa shape index (κ1) is 25.7. The van der Waals surface area contributed by atoms with Crippen LogP contribution >= 0.6 is 0 Å². The summed E-state index contributed by atoms with van der Waals surface area (Å²) in [5, 5.41) is 0. The van der Waals surface area contributed by atoms with Gasteiger partial charge in [-0.2, -0.15) is 0 Å². The molecular formula is C14H24N2O8Zn+2. The quantitative estimate of drug-likeness (QED) is 0.220. The summed E-state index contributed by atoms with van der Waals surface area (Å²) in [5.74, 6) is -2.09. The molecule has 0 fully saturated rings. The van der Waals surface area contributed by atoms with Crippen LogP contribution < -0.4 is 0 Å². The maximum absolute atomic E-state index is 11.4. The Balaban J connectivity index is 0. The fourth-order valence-electron chi connectivity index (χ4n) is 1.70. The van der Waals surface area contributed by atoms with Crippen molar-refractivity contribution >= 4 is 23.9 Å². The molecule has 0 amide bonds. The van der Waals surface area contributed by atoms with Gasteiger partial charge in [0.15, 0.2) is 0 Å². The SMILES string of the molecule is COC(=O)CN(CCN(CC(=O)OC)CC(=O)OC)CC(=O)OC.[Zn+2]. The van der Waals surface area contributed by atoms with Gasteiger partial charge in [-0.1, -0.05) is 0 Å². The van der Waals surface area contributed by atoms with Crippen LogP contribution in [0.25, 0.3) is 0 Å². The Morgan fingerprint density at radius 2 is 0.760 bits per heavy atom. The number of methoxy groups -OCH3 is 4. The minimum absolute atomic E-state index is 0. The molecule has 0 saturated carbocycles. The fourth-order valence-corrected chi connectivity index (χ4v) is 1.70. The predicted octanol–water partition coefficient (Wildman–Crippen LogP) is -1.72. The molecule has 0 aliphatic rings. The minimum Gasteiger partial charge on any atom is -0.468 e. The van der Waals surface area contributed by atoms with E-state index in [1.807, 2.05) is 0 Å². The van der Waals surface area contributed by atoms with Gasteiger partial charge in [0.25, 0.3) is 0 Å². The number of rotatable bonds is 11. The molecule has 0 aromatic heterocycles. The van der Waals surface area contributed by atoms with Gasteiger partial charge < -0.3 is 18.9 Å². The van der Waals surface area contributed by atoms with Crippen LogP contribution in [0.2, 0.25) is 0 Å². The first-order valence-electron chi connectivity index (χ1n) is 7.08. The monoisotopic (exact) mass is 412 g/mol. The van der Waals surface area contributed by atoms with E-state index in [1.165, 1.54) is 38.2 Å². The molecule has 0 unspecified atom stereocenters. The zero-order valence-electron chi connectivity index (χ0n) is 15.1. The summed E-state index contributed by atoms with van der Waals surface area (Å²) in [4.78, 5) is 48.6. The van der Waals surface area contributed by atoms with Gasteiger partial charge in [-0.3, -0.25) is 29.0 Å². The Kier molecular flexibility index (Phi) is 15.1. The summed E-state index contributed by atoms with van der Waals surface area (Å²) >= 11 is 0. The zero-order valence-corrected chi connectivity index (χ0v) is 18.1. The van der Waals surface area contributed by atoms with Gasteiger partial charge in [0.1, 0.15) is 0 Å². The molecule has 25 heavy (non-hydrogen) atoms. The minimum atomic E-state index is -0.522. The molecule has 0 aliphatic carbocycles. The van der Waals surface area contributed by atoms with Crippen LogP contribution in [0, 0.1) is 0 Å². The molecule has 0 aromatic rings. The second-order valence-electron chi connectivity index (χ2n) is 4.73. The molecule has 0 bridgehead atoms. The van der Waals surface area contributed by atoms with E-state index in [4.69, 9.17) is 0 Å². The van der Waals surface area contributed by atoms with E-state index >= 15 is 0 Å².